The molecule has 0 nitrogen and oxygen atoms in total. The lowest BCUT2D eigenvalue weighted by Crippen LogP contribution is -2.10. The van der Waals surface area contributed by atoms with Gasteiger partial charge in [-0.3, -0.25) is 0 Å². The lowest BCUT2D eigenvalue weighted by molar-refractivity contribution is 0.591. The van der Waals surface area contributed by atoms with Crippen LogP contribution in [0.5, 0.6) is 0 Å². The van der Waals surface area contributed by atoms with Crippen LogP contribution >= 0.6 is 11.3 Å². The number of thiophene rings is 1. The first kappa shape index (κ1) is 29.6. The number of rotatable bonds is 4. The van der Waals surface area contributed by atoms with Gasteiger partial charge in [0.1, 0.15) is 0 Å². The zero-order chi connectivity index (χ0) is 33.1. The number of hydrogen-bond donors (Lipinski definition) is 0. The fourth-order valence-corrected chi connectivity index (χ4v) is 8.58. The molecule has 9 rings (SSSR count). The predicted octanol–water partition coefficient (Wildman–Crippen LogP) is 14.3. The van der Waals surface area contributed by atoms with Crippen LogP contribution in [0, 0.1) is 0 Å². The molecule has 0 saturated heterocycles. The molecule has 9 aromatic rings. The van der Waals surface area contributed by atoms with Crippen LogP contribution in [0.15, 0.2) is 164 Å². The molecule has 0 fully saturated rings. The van der Waals surface area contributed by atoms with Crippen LogP contribution < -0.4 is 0 Å². The van der Waals surface area contributed by atoms with Crippen LogP contribution in [-0.4, -0.2) is 0 Å². The Morgan fingerprint density at radius 1 is 0.327 bits per heavy atom. The molecule has 0 aliphatic heterocycles. The Labute approximate surface area is 291 Å². The molecule has 0 bridgehead atoms. The van der Waals surface area contributed by atoms with Crippen LogP contribution in [0.25, 0.3) is 86.2 Å². The molecule has 0 aliphatic rings. The van der Waals surface area contributed by atoms with Gasteiger partial charge in [0.15, 0.2) is 0 Å². The van der Waals surface area contributed by atoms with E-state index < -0.39 is 0 Å². The minimum Gasteiger partial charge on any atom is -0.135 e. The third kappa shape index (κ3) is 5.14. The summed E-state index contributed by atoms with van der Waals surface area (Å²) in [4.78, 5) is 0. The highest BCUT2D eigenvalue weighted by Crippen LogP contribution is 2.46. The monoisotopic (exact) mass is 644 g/mol. The van der Waals surface area contributed by atoms with E-state index in [1.165, 1.54) is 91.8 Å². The van der Waals surface area contributed by atoms with Crippen LogP contribution in [0.2, 0.25) is 0 Å². The Morgan fingerprint density at radius 3 is 1.47 bits per heavy atom. The van der Waals surface area contributed by atoms with E-state index in [1.54, 1.807) is 0 Å². The summed E-state index contributed by atoms with van der Waals surface area (Å²) in [5, 5.41) is 7.80. The van der Waals surface area contributed by atoms with Crippen molar-refractivity contribution in [3.8, 4) is 44.5 Å². The minimum absolute atomic E-state index is 0.0416. The smallest absolute Gasteiger partial charge is 0.0355 e. The summed E-state index contributed by atoms with van der Waals surface area (Å²) in [6.07, 6.45) is 0. The second-order valence-corrected chi connectivity index (χ2v) is 15.2. The highest BCUT2D eigenvalue weighted by Gasteiger charge is 2.21. The minimum atomic E-state index is 0.0416. The van der Waals surface area contributed by atoms with Gasteiger partial charge in [-0.1, -0.05) is 148 Å². The number of benzene rings is 8. The largest absolute Gasteiger partial charge is 0.135 e. The van der Waals surface area contributed by atoms with Crippen molar-refractivity contribution in [3.63, 3.8) is 0 Å². The average molecular weight is 645 g/mol. The van der Waals surface area contributed by atoms with Crippen molar-refractivity contribution in [1.29, 1.82) is 0 Å². The Balaban J connectivity index is 1.28. The first-order chi connectivity index (χ1) is 23.9. The molecule has 1 aromatic heterocycles. The molecule has 1 heteroatoms. The molecule has 0 spiro atoms. The van der Waals surface area contributed by atoms with E-state index in [2.05, 4.69) is 185 Å². The molecule has 234 valence electrons. The third-order valence-electron chi connectivity index (χ3n) is 10.0. The van der Waals surface area contributed by atoms with Crippen molar-refractivity contribution in [3.05, 3.63) is 169 Å². The fourth-order valence-electron chi connectivity index (χ4n) is 7.49. The highest BCUT2D eigenvalue weighted by atomic mass is 32.1. The van der Waals surface area contributed by atoms with E-state index in [0.29, 0.717) is 0 Å². The Hall–Kier alpha value is -5.50. The van der Waals surface area contributed by atoms with Gasteiger partial charge >= 0.3 is 0 Å². The van der Waals surface area contributed by atoms with Crippen molar-refractivity contribution >= 4 is 53.1 Å². The van der Waals surface area contributed by atoms with Gasteiger partial charge in [0.25, 0.3) is 0 Å². The summed E-state index contributed by atoms with van der Waals surface area (Å²) in [7, 11) is 0. The summed E-state index contributed by atoms with van der Waals surface area (Å²) in [5.41, 5.74) is 11.4. The van der Waals surface area contributed by atoms with E-state index in [0.717, 1.165) is 0 Å². The zero-order valence-electron chi connectivity index (χ0n) is 28.0. The predicted molar refractivity (Wildman–Crippen MR) is 215 cm³/mol. The standard InChI is InChI=1S/C48H36S/c1-48(2,3)37-23-25-40-43(30-37)47(32-15-8-5-9-16-32)39-24-21-35(29-42(39)46(40)31-13-6-4-7-14-31)33-17-12-18-34(27-33)36-22-26-45-41(28-36)38-19-10-11-20-44(38)49-45/h4-30H,1-3H3. The Bertz CT molecular complexity index is 2670. The van der Waals surface area contributed by atoms with Gasteiger partial charge < -0.3 is 0 Å². The van der Waals surface area contributed by atoms with E-state index in [-0.39, 0.29) is 5.41 Å². The van der Waals surface area contributed by atoms with Crippen LogP contribution in [-0.2, 0) is 5.41 Å². The molecule has 1 heterocycles. The van der Waals surface area contributed by atoms with Crippen molar-refractivity contribution in [1.82, 2.24) is 0 Å². The van der Waals surface area contributed by atoms with Gasteiger partial charge in [0, 0.05) is 20.2 Å². The summed E-state index contributed by atoms with van der Waals surface area (Å²) in [6, 6.07) is 60.8. The molecular formula is C48H36S. The maximum atomic E-state index is 2.44. The van der Waals surface area contributed by atoms with Gasteiger partial charge in [-0.15, -0.1) is 11.3 Å². The molecular weight excluding hydrogens is 609 g/mol. The van der Waals surface area contributed by atoms with Crippen LogP contribution in [0.4, 0.5) is 0 Å². The van der Waals surface area contributed by atoms with E-state index in [1.807, 2.05) is 11.3 Å². The average Bonchev–Trinajstić information content (AvgIpc) is 3.52. The molecule has 8 aromatic carbocycles. The SMILES string of the molecule is CC(C)(C)c1ccc2c(-c3ccccc3)c3cc(-c4cccc(-c5ccc6sc7ccccc7c6c5)c4)ccc3c(-c3ccccc3)c2c1. The first-order valence-electron chi connectivity index (χ1n) is 17.1. The molecule has 0 unspecified atom stereocenters. The maximum Gasteiger partial charge on any atom is 0.0355 e. The van der Waals surface area contributed by atoms with Crippen LogP contribution in [0.3, 0.4) is 0 Å². The van der Waals surface area contributed by atoms with E-state index >= 15 is 0 Å². The summed E-state index contributed by atoms with van der Waals surface area (Å²) >= 11 is 1.87. The van der Waals surface area contributed by atoms with Crippen LogP contribution in [0.1, 0.15) is 26.3 Å². The lowest BCUT2D eigenvalue weighted by atomic mass is 9.81. The summed E-state index contributed by atoms with van der Waals surface area (Å²) in [5.74, 6) is 0. The lowest BCUT2D eigenvalue weighted by Gasteiger charge is -2.23. The molecule has 49 heavy (non-hydrogen) atoms. The van der Waals surface area contributed by atoms with E-state index in [4.69, 9.17) is 0 Å². The van der Waals surface area contributed by atoms with Crippen molar-refractivity contribution in [2.24, 2.45) is 0 Å². The van der Waals surface area contributed by atoms with Gasteiger partial charge in [0.05, 0.1) is 0 Å². The Morgan fingerprint density at radius 2 is 0.816 bits per heavy atom. The first-order valence-corrected chi connectivity index (χ1v) is 17.9. The zero-order valence-corrected chi connectivity index (χ0v) is 28.8. The molecule has 0 N–H and O–H groups in total. The molecule has 0 atom stereocenters. The quantitative estimate of drug-likeness (QED) is 0.167. The second-order valence-electron chi connectivity index (χ2n) is 14.1. The highest BCUT2D eigenvalue weighted by molar-refractivity contribution is 7.25. The van der Waals surface area contributed by atoms with Gasteiger partial charge in [0.2, 0.25) is 0 Å². The number of hydrogen-bond acceptors (Lipinski definition) is 1. The molecule has 0 amide bonds. The third-order valence-corrected chi connectivity index (χ3v) is 11.2. The maximum absolute atomic E-state index is 2.44. The Kier molecular flexibility index (Phi) is 7.00. The normalized spacial score (nSPS) is 12.0. The topological polar surface area (TPSA) is 0 Å². The van der Waals surface area contributed by atoms with Gasteiger partial charge in [-0.2, -0.15) is 0 Å². The second kappa shape index (κ2) is 11.6. The molecule has 0 saturated carbocycles. The summed E-state index contributed by atoms with van der Waals surface area (Å²) < 4.78 is 2.67. The number of fused-ring (bicyclic) bond motifs is 5. The van der Waals surface area contributed by atoms with E-state index in [9.17, 15) is 0 Å². The fraction of sp³-hybridized carbons (Fsp3) is 0.0833. The molecule has 0 aliphatic carbocycles. The van der Waals surface area contributed by atoms with Gasteiger partial charge in [-0.05, 0) is 113 Å². The van der Waals surface area contributed by atoms with Crippen molar-refractivity contribution < 1.29 is 0 Å². The van der Waals surface area contributed by atoms with Gasteiger partial charge in [-0.25, -0.2) is 0 Å². The van der Waals surface area contributed by atoms with Crippen molar-refractivity contribution in [2.75, 3.05) is 0 Å². The molecule has 0 radical (unpaired) electrons. The summed E-state index contributed by atoms with van der Waals surface area (Å²) in [6.45, 7) is 6.91. The van der Waals surface area contributed by atoms with Crippen molar-refractivity contribution in [2.45, 2.75) is 26.2 Å².